The quantitative estimate of drug-likeness (QED) is 0.664. The summed E-state index contributed by atoms with van der Waals surface area (Å²) >= 11 is 0. The summed E-state index contributed by atoms with van der Waals surface area (Å²) in [6.07, 6.45) is 5.10. The molecule has 32 heavy (non-hydrogen) atoms. The second-order valence-corrected chi connectivity index (χ2v) is 8.82. The van der Waals surface area contributed by atoms with Crippen molar-refractivity contribution >= 4 is 22.4 Å². The number of nitrogens with zero attached hydrogens (tertiary/aromatic N) is 3. The molecule has 1 unspecified atom stereocenters. The maximum absolute atomic E-state index is 12.5. The van der Waals surface area contributed by atoms with Gasteiger partial charge in [-0.15, -0.1) is 0 Å². The highest BCUT2D eigenvalue weighted by molar-refractivity contribution is 5.92. The number of amides is 1. The number of piperidine rings is 1. The number of fused-ring (bicyclic) bond motifs is 1. The van der Waals surface area contributed by atoms with Crippen LogP contribution in [0.5, 0.6) is 0 Å². The summed E-state index contributed by atoms with van der Waals surface area (Å²) < 4.78 is 0. The third-order valence-corrected chi connectivity index (χ3v) is 6.99. The summed E-state index contributed by atoms with van der Waals surface area (Å²) in [4.78, 5) is 36.6. The highest BCUT2D eigenvalue weighted by Gasteiger charge is 2.32. The lowest BCUT2D eigenvalue weighted by molar-refractivity contribution is 0.0958. The third-order valence-electron chi connectivity index (χ3n) is 6.99. The Balaban J connectivity index is 1.20. The fourth-order valence-corrected chi connectivity index (χ4v) is 5.15. The molecule has 2 aliphatic rings. The van der Waals surface area contributed by atoms with Crippen LogP contribution < -0.4 is 15.8 Å². The Morgan fingerprint density at radius 1 is 1.09 bits per heavy atom. The molecule has 1 aromatic carbocycles. The molecule has 0 spiro atoms. The van der Waals surface area contributed by atoms with Crippen LogP contribution >= 0.6 is 0 Å². The normalized spacial score (nSPS) is 20.0. The summed E-state index contributed by atoms with van der Waals surface area (Å²) in [6.45, 7) is 4.05. The molecule has 1 amide bonds. The number of pyridine rings is 2. The van der Waals surface area contributed by atoms with Gasteiger partial charge in [0.25, 0.3) is 11.5 Å². The second-order valence-electron chi connectivity index (χ2n) is 8.82. The van der Waals surface area contributed by atoms with Gasteiger partial charge in [-0.2, -0.15) is 0 Å². The average molecular weight is 432 g/mol. The van der Waals surface area contributed by atoms with Crippen molar-refractivity contribution < 1.29 is 4.79 Å². The van der Waals surface area contributed by atoms with Crippen LogP contribution in [0.3, 0.4) is 0 Å². The highest BCUT2D eigenvalue weighted by atomic mass is 16.1. The van der Waals surface area contributed by atoms with Gasteiger partial charge in [-0.3, -0.25) is 14.5 Å². The van der Waals surface area contributed by atoms with Crippen molar-refractivity contribution in [3.05, 3.63) is 70.4 Å². The van der Waals surface area contributed by atoms with Crippen molar-refractivity contribution in [2.75, 3.05) is 38.1 Å². The predicted octanol–water partition coefficient (Wildman–Crippen LogP) is 2.74. The van der Waals surface area contributed by atoms with Crippen molar-refractivity contribution in [1.29, 1.82) is 0 Å². The minimum absolute atomic E-state index is 0.0147. The Hall–Kier alpha value is -3.19. The van der Waals surface area contributed by atoms with Crippen LogP contribution in [0.25, 0.3) is 10.8 Å². The number of carbonyl (C=O) groups is 1. The molecule has 0 bridgehead atoms. The number of rotatable bonds is 4. The number of anilines is 1. The Morgan fingerprint density at radius 2 is 1.91 bits per heavy atom. The number of aromatic amines is 1. The number of H-pyrrole nitrogens is 1. The molecule has 0 radical (unpaired) electrons. The molecule has 166 valence electrons. The zero-order valence-corrected chi connectivity index (χ0v) is 18.4. The van der Waals surface area contributed by atoms with Crippen LogP contribution in [0, 0.1) is 0 Å². The molecule has 0 saturated carbocycles. The van der Waals surface area contributed by atoms with E-state index in [4.69, 9.17) is 0 Å². The molecule has 2 aromatic heterocycles. The molecule has 2 N–H and O–H groups in total. The second kappa shape index (κ2) is 8.74. The van der Waals surface area contributed by atoms with Gasteiger partial charge in [0.2, 0.25) is 0 Å². The van der Waals surface area contributed by atoms with E-state index in [2.05, 4.69) is 31.2 Å². The first-order valence-electron chi connectivity index (χ1n) is 11.4. The van der Waals surface area contributed by atoms with E-state index >= 15 is 0 Å². The van der Waals surface area contributed by atoms with E-state index in [1.54, 1.807) is 19.3 Å². The van der Waals surface area contributed by atoms with Gasteiger partial charge in [-0.25, -0.2) is 4.98 Å². The lowest BCUT2D eigenvalue weighted by Gasteiger charge is -2.37. The Morgan fingerprint density at radius 3 is 2.66 bits per heavy atom. The first-order valence-corrected chi connectivity index (χ1v) is 11.4. The van der Waals surface area contributed by atoms with E-state index < -0.39 is 0 Å². The Bertz CT molecular complexity index is 1160. The van der Waals surface area contributed by atoms with Crippen LogP contribution in [0.2, 0.25) is 0 Å². The minimum Gasteiger partial charge on any atom is -0.370 e. The standard InChI is InChI=1S/C25H29N5O2/c1-26-25(32)22-7-6-20(15-27-22)29-12-9-19(10-13-29)30-11-8-18(16-30)23-14-17-4-2-3-5-21(17)24(31)28-23/h2-7,14-15,18-19H,8-13,16H2,1H3,(H,26,32)(H,28,31). The molecular formula is C25H29N5O2. The molecule has 2 aliphatic heterocycles. The highest BCUT2D eigenvalue weighted by Crippen LogP contribution is 2.31. The van der Waals surface area contributed by atoms with Crippen molar-refractivity contribution in [3.8, 4) is 0 Å². The van der Waals surface area contributed by atoms with Gasteiger partial charge in [0.15, 0.2) is 0 Å². The number of nitrogens with one attached hydrogen (secondary N) is 2. The minimum atomic E-state index is -0.161. The van der Waals surface area contributed by atoms with Gasteiger partial charge in [-0.1, -0.05) is 18.2 Å². The van der Waals surface area contributed by atoms with Gasteiger partial charge >= 0.3 is 0 Å². The van der Waals surface area contributed by atoms with Crippen LogP contribution in [-0.4, -0.2) is 60.0 Å². The molecule has 2 fully saturated rings. The summed E-state index contributed by atoms with van der Waals surface area (Å²) in [5.41, 5.74) is 2.60. The zero-order chi connectivity index (χ0) is 22.1. The van der Waals surface area contributed by atoms with Crippen molar-refractivity contribution in [2.45, 2.75) is 31.2 Å². The summed E-state index contributed by atoms with van der Waals surface area (Å²) in [6, 6.07) is 14.3. The molecule has 4 heterocycles. The Labute approximate surface area is 187 Å². The van der Waals surface area contributed by atoms with E-state index in [1.165, 1.54) is 0 Å². The van der Waals surface area contributed by atoms with Crippen LogP contribution in [0.15, 0.2) is 53.5 Å². The molecule has 0 aliphatic carbocycles. The molecule has 7 heteroatoms. The number of aromatic nitrogens is 2. The molecule has 3 aromatic rings. The number of benzene rings is 1. The van der Waals surface area contributed by atoms with E-state index in [0.717, 1.165) is 67.6 Å². The Kier molecular flexibility index (Phi) is 5.66. The van der Waals surface area contributed by atoms with Gasteiger partial charge < -0.3 is 15.2 Å². The molecule has 1 atom stereocenters. The van der Waals surface area contributed by atoms with Crippen LogP contribution in [-0.2, 0) is 0 Å². The monoisotopic (exact) mass is 431 g/mol. The maximum atomic E-state index is 12.5. The third kappa shape index (κ3) is 4.00. The van der Waals surface area contributed by atoms with E-state index in [9.17, 15) is 9.59 Å². The number of hydrogen-bond donors (Lipinski definition) is 2. The fraction of sp³-hybridized carbons (Fsp3) is 0.400. The van der Waals surface area contributed by atoms with Crippen LogP contribution in [0.1, 0.15) is 41.4 Å². The smallest absolute Gasteiger partial charge is 0.269 e. The fourth-order valence-electron chi connectivity index (χ4n) is 5.15. The summed E-state index contributed by atoms with van der Waals surface area (Å²) in [5, 5.41) is 4.39. The average Bonchev–Trinajstić information content (AvgIpc) is 3.34. The van der Waals surface area contributed by atoms with Gasteiger partial charge in [0.05, 0.1) is 11.9 Å². The van der Waals surface area contributed by atoms with Gasteiger partial charge in [0, 0.05) is 49.7 Å². The first kappa shape index (κ1) is 20.7. The lowest BCUT2D eigenvalue weighted by Crippen LogP contribution is -2.44. The van der Waals surface area contributed by atoms with Gasteiger partial charge in [0.1, 0.15) is 5.69 Å². The molecule has 2 saturated heterocycles. The largest absolute Gasteiger partial charge is 0.370 e. The van der Waals surface area contributed by atoms with Crippen molar-refractivity contribution in [2.24, 2.45) is 0 Å². The first-order chi connectivity index (χ1) is 15.6. The molecular weight excluding hydrogens is 402 g/mol. The summed E-state index contributed by atoms with van der Waals surface area (Å²) in [7, 11) is 1.61. The lowest BCUT2D eigenvalue weighted by atomic mass is 10.0. The van der Waals surface area contributed by atoms with Crippen molar-refractivity contribution in [3.63, 3.8) is 0 Å². The number of likely N-dealkylation sites (tertiary alicyclic amines) is 1. The van der Waals surface area contributed by atoms with Gasteiger partial charge in [-0.05, 0) is 55.5 Å². The zero-order valence-electron chi connectivity index (χ0n) is 18.4. The van der Waals surface area contributed by atoms with E-state index in [1.807, 2.05) is 30.3 Å². The number of carbonyl (C=O) groups excluding carboxylic acids is 1. The van der Waals surface area contributed by atoms with Crippen molar-refractivity contribution in [1.82, 2.24) is 20.2 Å². The molecule has 5 rings (SSSR count). The topological polar surface area (TPSA) is 81.3 Å². The van der Waals surface area contributed by atoms with Crippen LogP contribution in [0.4, 0.5) is 5.69 Å². The molecule has 7 nitrogen and oxygen atoms in total. The number of hydrogen-bond acceptors (Lipinski definition) is 5. The predicted molar refractivity (Wildman–Crippen MR) is 126 cm³/mol. The SMILES string of the molecule is CNC(=O)c1ccc(N2CCC(N3CCC(c4cc5ccccc5c(=O)[nH]4)C3)CC2)cn1. The summed E-state index contributed by atoms with van der Waals surface area (Å²) in [5.74, 6) is 0.221. The van der Waals surface area contributed by atoms with E-state index in [-0.39, 0.29) is 11.5 Å². The maximum Gasteiger partial charge on any atom is 0.269 e. The van der Waals surface area contributed by atoms with E-state index in [0.29, 0.717) is 17.7 Å².